The molecule has 1 aliphatic rings. The maximum absolute atomic E-state index is 13.0. The average molecular weight is 443 g/mol. The molecule has 1 aliphatic heterocycles. The Bertz CT molecular complexity index is 1110. The quantitative estimate of drug-likeness (QED) is 0.628. The van der Waals surface area contributed by atoms with E-state index in [0.717, 1.165) is 5.56 Å². The van der Waals surface area contributed by atoms with E-state index in [9.17, 15) is 12.8 Å². The Morgan fingerprint density at radius 2 is 1.65 bits per heavy atom. The van der Waals surface area contributed by atoms with Gasteiger partial charge in [-0.1, -0.05) is 18.2 Å². The number of rotatable bonds is 6. The molecule has 0 spiro atoms. The topological polar surface area (TPSA) is 91.3 Å². The van der Waals surface area contributed by atoms with E-state index in [-0.39, 0.29) is 11.6 Å². The molecule has 1 saturated heterocycles. The fourth-order valence-electron chi connectivity index (χ4n) is 3.31. The molecule has 3 heterocycles. The largest absolute Gasteiger partial charge is 0.352 e. The molecule has 0 unspecified atom stereocenters. The normalized spacial score (nSPS) is 15.1. The van der Waals surface area contributed by atoms with Crippen LogP contribution in [0.1, 0.15) is 11.1 Å². The first kappa shape index (κ1) is 21.1. The van der Waals surface area contributed by atoms with Crippen LogP contribution in [0.25, 0.3) is 0 Å². The highest BCUT2D eigenvalue weighted by atomic mass is 32.2. The summed E-state index contributed by atoms with van der Waals surface area (Å²) >= 11 is 0. The van der Waals surface area contributed by atoms with Crippen molar-refractivity contribution in [3.8, 4) is 0 Å². The predicted molar refractivity (Wildman–Crippen MR) is 117 cm³/mol. The lowest BCUT2D eigenvalue weighted by Gasteiger charge is -2.34. The maximum atomic E-state index is 13.0. The summed E-state index contributed by atoms with van der Waals surface area (Å²) < 4.78 is 39.9. The third kappa shape index (κ3) is 5.33. The summed E-state index contributed by atoms with van der Waals surface area (Å²) in [6.45, 7) is 3.73. The van der Waals surface area contributed by atoms with Crippen LogP contribution in [0.2, 0.25) is 0 Å². The van der Waals surface area contributed by atoms with Gasteiger partial charge in [0.15, 0.2) is 11.6 Å². The van der Waals surface area contributed by atoms with Gasteiger partial charge in [0.1, 0.15) is 11.6 Å². The molecule has 8 nitrogen and oxygen atoms in total. The van der Waals surface area contributed by atoms with Crippen molar-refractivity contribution < 1.29 is 12.8 Å². The fraction of sp³-hybridized carbons (Fsp3) is 0.286. The Labute approximate surface area is 180 Å². The molecule has 0 amide bonds. The zero-order valence-electron chi connectivity index (χ0n) is 17.1. The molecule has 162 valence electrons. The number of hydrogen-bond donors (Lipinski definition) is 1. The summed E-state index contributed by atoms with van der Waals surface area (Å²) in [4.78, 5) is 6.29. The SMILES string of the molecule is Cc1ccc(Nc2ccc(N3CCN(S(=O)(=O)Cc4ccc(F)cc4)CC3)nn2)nc1. The van der Waals surface area contributed by atoms with E-state index < -0.39 is 10.0 Å². The molecule has 10 heteroatoms. The van der Waals surface area contributed by atoms with Crippen LogP contribution >= 0.6 is 0 Å². The van der Waals surface area contributed by atoms with Crippen molar-refractivity contribution >= 4 is 27.5 Å². The van der Waals surface area contributed by atoms with Crippen LogP contribution in [0, 0.1) is 12.7 Å². The molecular formula is C21H23FN6O2S. The minimum atomic E-state index is -3.47. The molecule has 0 atom stereocenters. The number of aromatic nitrogens is 3. The Morgan fingerprint density at radius 3 is 2.26 bits per heavy atom. The summed E-state index contributed by atoms with van der Waals surface area (Å²) in [5, 5.41) is 11.6. The first-order valence-electron chi connectivity index (χ1n) is 9.90. The molecule has 4 rings (SSSR count). The zero-order chi connectivity index (χ0) is 21.8. The van der Waals surface area contributed by atoms with E-state index in [1.54, 1.807) is 6.20 Å². The second-order valence-corrected chi connectivity index (χ2v) is 9.36. The smallest absolute Gasteiger partial charge is 0.218 e. The second-order valence-electron chi connectivity index (χ2n) is 7.39. The van der Waals surface area contributed by atoms with E-state index >= 15 is 0 Å². The van der Waals surface area contributed by atoms with Gasteiger partial charge in [-0.15, -0.1) is 10.2 Å². The first-order valence-corrected chi connectivity index (χ1v) is 11.5. The van der Waals surface area contributed by atoms with E-state index in [4.69, 9.17) is 0 Å². The number of pyridine rings is 1. The number of piperazine rings is 1. The van der Waals surface area contributed by atoms with Gasteiger partial charge in [-0.2, -0.15) is 4.31 Å². The molecule has 0 bridgehead atoms. The van der Waals surface area contributed by atoms with Gasteiger partial charge in [-0.05, 0) is 48.4 Å². The summed E-state index contributed by atoms with van der Waals surface area (Å²) in [5.41, 5.74) is 1.65. The van der Waals surface area contributed by atoms with Crippen LogP contribution in [0.15, 0.2) is 54.7 Å². The van der Waals surface area contributed by atoms with Crippen molar-refractivity contribution in [3.63, 3.8) is 0 Å². The van der Waals surface area contributed by atoms with Gasteiger partial charge >= 0.3 is 0 Å². The summed E-state index contributed by atoms with van der Waals surface area (Å²) in [7, 11) is -3.47. The zero-order valence-corrected chi connectivity index (χ0v) is 17.9. The minimum Gasteiger partial charge on any atom is -0.352 e. The standard InChI is InChI=1S/C21H23FN6O2S/c1-16-2-7-19(23-14-16)24-20-8-9-21(26-25-20)27-10-12-28(13-11-27)31(29,30)15-17-3-5-18(22)6-4-17/h2-9,14H,10-13,15H2,1H3,(H,23,24,25). The van der Waals surface area contributed by atoms with Crippen LogP contribution in [0.4, 0.5) is 21.8 Å². The van der Waals surface area contributed by atoms with E-state index in [1.165, 1.54) is 28.6 Å². The highest BCUT2D eigenvalue weighted by Gasteiger charge is 2.27. The molecule has 0 saturated carbocycles. The van der Waals surface area contributed by atoms with E-state index in [1.807, 2.05) is 36.1 Å². The maximum Gasteiger partial charge on any atom is 0.218 e. The average Bonchev–Trinajstić information content (AvgIpc) is 2.77. The van der Waals surface area contributed by atoms with Crippen molar-refractivity contribution in [2.45, 2.75) is 12.7 Å². The lowest BCUT2D eigenvalue weighted by Crippen LogP contribution is -2.49. The Morgan fingerprint density at radius 1 is 0.935 bits per heavy atom. The van der Waals surface area contributed by atoms with Crippen molar-refractivity contribution in [1.29, 1.82) is 0 Å². The number of halogens is 1. The Balaban J connectivity index is 1.33. The third-order valence-corrected chi connectivity index (χ3v) is 6.89. The third-order valence-electron chi connectivity index (χ3n) is 5.04. The molecule has 0 radical (unpaired) electrons. The highest BCUT2D eigenvalue weighted by Crippen LogP contribution is 2.19. The van der Waals surface area contributed by atoms with Gasteiger partial charge in [0.2, 0.25) is 10.0 Å². The van der Waals surface area contributed by atoms with Crippen LogP contribution in [-0.4, -0.2) is 54.1 Å². The van der Waals surface area contributed by atoms with Crippen molar-refractivity contribution in [3.05, 3.63) is 71.7 Å². The van der Waals surface area contributed by atoms with Crippen molar-refractivity contribution in [1.82, 2.24) is 19.5 Å². The summed E-state index contributed by atoms with van der Waals surface area (Å²) in [5.74, 6) is 1.44. The first-order chi connectivity index (χ1) is 14.9. The number of nitrogens with one attached hydrogen (secondary N) is 1. The monoisotopic (exact) mass is 442 g/mol. The van der Waals surface area contributed by atoms with Crippen LogP contribution in [-0.2, 0) is 15.8 Å². The summed E-state index contributed by atoms with van der Waals surface area (Å²) in [6.07, 6.45) is 1.77. The lowest BCUT2D eigenvalue weighted by molar-refractivity contribution is 0.383. The van der Waals surface area contributed by atoms with Gasteiger partial charge in [0.05, 0.1) is 5.75 Å². The predicted octanol–water partition coefficient (Wildman–Crippen LogP) is 2.71. The van der Waals surface area contributed by atoms with Crippen LogP contribution in [0.3, 0.4) is 0 Å². The molecule has 2 aromatic heterocycles. The van der Waals surface area contributed by atoms with E-state index in [2.05, 4.69) is 20.5 Å². The van der Waals surface area contributed by atoms with Gasteiger partial charge in [-0.3, -0.25) is 0 Å². The number of anilines is 3. The molecule has 0 aliphatic carbocycles. The van der Waals surface area contributed by atoms with Crippen molar-refractivity contribution in [2.24, 2.45) is 0 Å². The minimum absolute atomic E-state index is 0.138. The number of nitrogens with zero attached hydrogens (tertiary/aromatic N) is 5. The van der Waals surface area contributed by atoms with Crippen molar-refractivity contribution in [2.75, 3.05) is 36.4 Å². The number of benzene rings is 1. The van der Waals surface area contributed by atoms with Crippen LogP contribution < -0.4 is 10.2 Å². The van der Waals surface area contributed by atoms with Gasteiger partial charge < -0.3 is 10.2 Å². The molecular weight excluding hydrogens is 419 g/mol. The Hall–Kier alpha value is -3.11. The number of sulfonamides is 1. The number of hydrogen-bond acceptors (Lipinski definition) is 7. The molecule has 1 N–H and O–H groups in total. The molecule has 1 fully saturated rings. The summed E-state index contributed by atoms with van der Waals surface area (Å²) in [6, 6.07) is 13.1. The molecule has 3 aromatic rings. The molecule has 1 aromatic carbocycles. The lowest BCUT2D eigenvalue weighted by atomic mass is 10.2. The van der Waals surface area contributed by atoms with Gasteiger partial charge in [0, 0.05) is 32.4 Å². The van der Waals surface area contributed by atoms with E-state index in [0.29, 0.717) is 49.2 Å². The molecule has 31 heavy (non-hydrogen) atoms. The van der Waals surface area contributed by atoms with Gasteiger partial charge in [0.25, 0.3) is 0 Å². The van der Waals surface area contributed by atoms with Crippen LogP contribution in [0.5, 0.6) is 0 Å². The number of aryl methyl sites for hydroxylation is 1. The highest BCUT2D eigenvalue weighted by molar-refractivity contribution is 7.88. The van der Waals surface area contributed by atoms with Gasteiger partial charge in [-0.25, -0.2) is 17.8 Å². The Kier molecular flexibility index (Phi) is 6.10. The fourth-order valence-corrected chi connectivity index (χ4v) is 4.83. The second kappa shape index (κ2) is 8.94.